The van der Waals surface area contributed by atoms with E-state index in [0.29, 0.717) is 25.3 Å². The minimum absolute atomic E-state index is 0.120. The second kappa shape index (κ2) is 5.00. The fraction of sp³-hybridized carbons (Fsp3) is 0.583. The lowest BCUT2D eigenvalue weighted by atomic mass is 10.1. The highest BCUT2D eigenvalue weighted by atomic mass is 16.5. The number of aromatic nitrogens is 2. The summed E-state index contributed by atoms with van der Waals surface area (Å²) in [5, 5.41) is 15.8. The molecule has 19 heavy (non-hydrogen) atoms. The third-order valence-electron chi connectivity index (χ3n) is 3.25. The smallest absolute Gasteiger partial charge is 0.331 e. The van der Waals surface area contributed by atoms with Crippen LogP contribution in [-0.2, 0) is 19.9 Å². The van der Waals surface area contributed by atoms with Gasteiger partial charge in [-0.2, -0.15) is 5.10 Å². The number of hydrogen-bond acceptors (Lipinski definition) is 4. The number of carbonyl (C=O) groups is 2. The molecule has 0 aliphatic carbocycles. The van der Waals surface area contributed by atoms with Crippen molar-refractivity contribution in [2.45, 2.75) is 25.8 Å². The Balaban J connectivity index is 2.05. The van der Waals surface area contributed by atoms with Crippen molar-refractivity contribution < 1.29 is 19.4 Å². The van der Waals surface area contributed by atoms with Crippen LogP contribution < -0.4 is 5.32 Å². The van der Waals surface area contributed by atoms with Crippen molar-refractivity contribution in [1.29, 1.82) is 0 Å². The topological polar surface area (TPSA) is 93.5 Å². The SMILES string of the molecule is CC(C)(C(=O)O)n1cc(NC(=O)C2CCOC2)cn1. The number of amides is 1. The van der Waals surface area contributed by atoms with E-state index in [1.165, 1.54) is 17.1 Å². The Labute approximate surface area is 110 Å². The molecule has 2 N–H and O–H groups in total. The minimum atomic E-state index is -1.15. The summed E-state index contributed by atoms with van der Waals surface area (Å²) in [6.45, 7) is 4.11. The van der Waals surface area contributed by atoms with Crippen LogP contribution in [-0.4, -0.2) is 40.0 Å². The van der Waals surface area contributed by atoms with Gasteiger partial charge in [0.1, 0.15) is 0 Å². The van der Waals surface area contributed by atoms with Crippen LogP contribution in [0, 0.1) is 5.92 Å². The van der Waals surface area contributed by atoms with E-state index >= 15 is 0 Å². The molecule has 1 aromatic rings. The van der Waals surface area contributed by atoms with Crippen LogP contribution in [0.5, 0.6) is 0 Å². The number of nitrogens with one attached hydrogen (secondary N) is 1. The van der Waals surface area contributed by atoms with Gasteiger partial charge in [-0.1, -0.05) is 0 Å². The number of hydrogen-bond donors (Lipinski definition) is 2. The van der Waals surface area contributed by atoms with Gasteiger partial charge in [0, 0.05) is 12.8 Å². The number of carboxylic acids is 1. The lowest BCUT2D eigenvalue weighted by molar-refractivity contribution is -0.146. The van der Waals surface area contributed by atoms with Crippen LogP contribution in [0.2, 0.25) is 0 Å². The first-order valence-electron chi connectivity index (χ1n) is 6.08. The van der Waals surface area contributed by atoms with Crippen molar-refractivity contribution in [1.82, 2.24) is 9.78 Å². The molecule has 7 nitrogen and oxygen atoms in total. The summed E-state index contributed by atoms with van der Waals surface area (Å²) in [6, 6.07) is 0. The Morgan fingerprint density at radius 1 is 1.58 bits per heavy atom. The average Bonchev–Trinajstić information content (AvgIpc) is 2.99. The van der Waals surface area contributed by atoms with Crippen molar-refractivity contribution >= 4 is 17.6 Å². The molecule has 1 saturated heterocycles. The molecule has 2 rings (SSSR count). The van der Waals surface area contributed by atoms with E-state index in [4.69, 9.17) is 9.84 Å². The van der Waals surface area contributed by atoms with E-state index in [1.807, 2.05) is 0 Å². The number of carboxylic acid groups (broad SMARTS) is 1. The first-order valence-corrected chi connectivity index (χ1v) is 6.08. The van der Waals surface area contributed by atoms with Crippen LogP contribution in [0.1, 0.15) is 20.3 Å². The Hall–Kier alpha value is -1.89. The summed E-state index contributed by atoms with van der Waals surface area (Å²) in [7, 11) is 0. The number of aliphatic carboxylic acids is 1. The van der Waals surface area contributed by atoms with E-state index in [2.05, 4.69) is 10.4 Å². The van der Waals surface area contributed by atoms with Gasteiger partial charge in [-0.3, -0.25) is 9.48 Å². The Morgan fingerprint density at radius 3 is 2.89 bits per heavy atom. The molecule has 2 heterocycles. The largest absolute Gasteiger partial charge is 0.479 e. The second-order valence-electron chi connectivity index (χ2n) is 5.09. The second-order valence-corrected chi connectivity index (χ2v) is 5.09. The molecule has 1 aliphatic heterocycles. The van der Waals surface area contributed by atoms with Crippen LogP contribution in [0.25, 0.3) is 0 Å². The van der Waals surface area contributed by atoms with Crippen molar-refractivity contribution in [3.63, 3.8) is 0 Å². The quantitative estimate of drug-likeness (QED) is 0.836. The lowest BCUT2D eigenvalue weighted by Crippen LogP contribution is -2.36. The summed E-state index contributed by atoms with van der Waals surface area (Å²) in [5.74, 6) is -1.25. The Bertz CT molecular complexity index is 489. The van der Waals surface area contributed by atoms with Gasteiger partial charge in [-0.15, -0.1) is 0 Å². The van der Waals surface area contributed by atoms with Gasteiger partial charge in [-0.25, -0.2) is 4.79 Å². The zero-order chi connectivity index (χ0) is 14.0. The summed E-state index contributed by atoms with van der Waals surface area (Å²) < 4.78 is 6.46. The molecule has 1 fully saturated rings. The van der Waals surface area contributed by atoms with Crippen molar-refractivity contribution in [2.75, 3.05) is 18.5 Å². The monoisotopic (exact) mass is 267 g/mol. The maximum absolute atomic E-state index is 11.9. The summed E-state index contributed by atoms with van der Waals surface area (Å²) in [6.07, 6.45) is 3.67. The van der Waals surface area contributed by atoms with Gasteiger partial charge in [0.25, 0.3) is 0 Å². The minimum Gasteiger partial charge on any atom is -0.479 e. The first-order chi connectivity index (χ1) is 8.91. The molecule has 1 aromatic heterocycles. The van der Waals surface area contributed by atoms with Crippen LogP contribution >= 0.6 is 0 Å². The summed E-state index contributed by atoms with van der Waals surface area (Å²) in [5.41, 5.74) is -0.661. The zero-order valence-corrected chi connectivity index (χ0v) is 10.9. The molecule has 1 amide bonds. The number of rotatable bonds is 4. The average molecular weight is 267 g/mol. The lowest BCUT2D eigenvalue weighted by Gasteiger charge is -2.19. The molecule has 1 atom stereocenters. The molecule has 0 aromatic carbocycles. The van der Waals surface area contributed by atoms with Gasteiger partial charge in [-0.05, 0) is 20.3 Å². The summed E-state index contributed by atoms with van der Waals surface area (Å²) >= 11 is 0. The highest BCUT2D eigenvalue weighted by Gasteiger charge is 2.30. The molecular formula is C12H17N3O4. The Morgan fingerprint density at radius 2 is 2.32 bits per heavy atom. The molecule has 0 saturated carbocycles. The highest BCUT2D eigenvalue weighted by Crippen LogP contribution is 2.19. The predicted octanol–water partition coefficient (Wildman–Crippen LogP) is 0.678. The number of carbonyl (C=O) groups excluding carboxylic acids is 1. The van der Waals surface area contributed by atoms with E-state index < -0.39 is 11.5 Å². The summed E-state index contributed by atoms with van der Waals surface area (Å²) in [4.78, 5) is 23.0. The number of anilines is 1. The van der Waals surface area contributed by atoms with Crippen molar-refractivity contribution in [3.05, 3.63) is 12.4 Å². The molecular weight excluding hydrogens is 250 g/mol. The standard InChI is InChI=1S/C12H17N3O4/c1-12(2,11(17)18)15-6-9(5-13-15)14-10(16)8-3-4-19-7-8/h5-6,8H,3-4,7H2,1-2H3,(H,14,16)(H,17,18). The van der Waals surface area contributed by atoms with E-state index in [0.717, 1.165) is 0 Å². The molecule has 104 valence electrons. The highest BCUT2D eigenvalue weighted by molar-refractivity contribution is 5.92. The maximum atomic E-state index is 11.9. The van der Waals surface area contributed by atoms with Gasteiger partial charge >= 0.3 is 5.97 Å². The molecule has 1 unspecified atom stereocenters. The van der Waals surface area contributed by atoms with Crippen LogP contribution in [0.4, 0.5) is 5.69 Å². The zero-order valence-electron chi connectivity index (χ0n) is 10.9. The van der Waals surface area contributed by atoms with Crippen molar-refractivity contribution in [3.8, 4) is 0 Å². The van der Waals surface area contributed by atoms with Crippen molar-refractivity contribution in [2.24, 2.45) is 5.92 Å². The first kappa shape index (κ1) is 13.5. The fourth-order valence-corrected chi connectivity index (χ4v) is 1.78. The maximum Gasteiger partial charge on any atom is 0.331 e. The number of ether oxygens (including phenoxy) is 1. The van der Waals surface area contributed by atoms with Gasteiger partial charge in [0.15, 0.2) is 5.54 Å². The molecule has 0 radical (unpaired) electrons. The van der Waals surface area contributed by atoms with Crippen LogP contribution in [0.15, 0.2) is 12.4 Å². The Kier molecular flexibility index (Phi) is 3.57. The van der Waals surface area contributed by atoms with Gasteiger partial charge in [0.2, 0.25) is 5.91 Å². The predicted molar refractivity (Wildman–Crippen MR) is 66.7 cm³/mol. The van der Waals surface area contributed by atoms with Crippen LogP contribution in [0.3, 0.4) is 0 Å². The van der Waals surface area contributed by atoms with Gasteiger partial charge < -0.3 is 15.2 Å². The van der Waals surface area contributed by atoms with E-state index in [-0.39, 0.29) is 11.8 Å². The molecule has 0 spiro atoms. The number of nitrogens with zero attached hydrogens (tertiary/aromatic N) is 2. The molecule has 1 aliphatic rings. The molecule has 0 bridgehead atoms. The van der Waals surface area contributed by atoms with Gasteiger partial charge in [0.05, 0.1) is 24.4 Å². The normalized spacial score (nSPS) is 19.4. The third kappa shape index (κ3) is 2.76. The third-order valence-corrected chi connectivity index (χ3v) is 3.25. The molecule has 7 heteroatoms. The fourth-order valence-electron chi connectivity index (χ4n) is 1.78. The van der Waals surface area contributed by atoms with E-state index in [9.17, 15) is 9.59 Å². The van der Waals surface area contributed by atoms with E-state index in [1.54, 1.807) is 13.8 Å².